The molecule has 2 heteroatoms. The van der Waals surface area contributed by atoms with Gasteiger partial charge in [-0.3, -0.25) is 4.90 Å². The zero-order valence-corrected chi connectivity index (χ0v) is 11.9. The second kappa shape index (κ2) is 5.02. The van der Waals surface area contributed by atoms with Crippen LogP contribution in [-0.4, -0.2) is 28.6 Å². The molecule has 0 saturated carbocycles. The number of hydrogen-bond acceptors (Lipinski definition) is 2. The summed E-state index contributed by atoms with van der Waals surface area (Å²) in [6.45, 7) is 9.81. The molecule has 2 nitrogen and oxygen atoms in total. The summed E-state index contributed by atoms with van der Waals surface area (Å²) in [7, 11) is 0. The molecule has 1 aromatic rings. The summed E-state index contributed by atoms with van der Waals surface area (Å²) >= 11 is 0. The molecule has 1 aliphatic heterocycles. The molecule has 0 aromatic heterocycles. The SMILES string of the molecule is CC(C)N1C[C@H](C)[C@](O)(c2ccccc2)C[C@H]1C. The number of aliphatic hydroxyl groups is 1. The lowest BCUT2D eigenvalue weighted by atomic mass is 9.74. The fraction of sp³-hybridized carbons (Fsp3) is 0.625. The van der Waals surface area contributed by atoms with E-state index in [-0.39, 0.29) is 5.92 Å². The Bertz CT molecular complexity index is 389. The largest absolute Gasteiger partial charge is 0.385 e. The molecule has 1 aromatic carbocycles. The standard InChI is InChI=1S/C16H25NO/c1-12(2)17-11-13(3)16(18,10-14(17)4)15-8-6-5-7-9-15/h5-9,12-14,18H,10-11H2,1-4H3/t13-,14+,16-/m0/s1. The van der Waals surface area contributed by atoms with Gasteiger partial charge in [0.05, 0.1) is 5.60 Å². The average molecular weight is 247 g/mol. The van der Waals surface area contributed by atoms with E-state index in [2.05, 4.69) is 32.6 Å². The van der Waals surface area contributed by atoms with Crippen molar-refractivity contribution >= 4 is 0 Å². The van der Waals surface area contributed by atoms with E-state index in [9.17, 15) is 5.11 Å². The highest BCUT2D eigenvalue weighted by Crippen LogP contribution is 2.40. The molecule has 1 N–H and O–H groups in total. The van der Waals surface area contributed by atoms with Crippen molar-refractivity contribution in [2.75, 3.05) is 6.54 Å². The Labute approximate surface area is 111 Å². The summed E-state index contributed by atoms with van der Waals surface area (Å²) < 4.78 is 0. The van der Waals surface area contributed by atoms with Crippen molar-refractivity contribution in [2.45, 2.75) is 51.8 Å². The molecule has 3 atom stereocenters. The quantitative estimate of drug-likeness (QED) is 0.868. The van der Waals surface area contributed by atoms with Crippen molar-refractivity contribution in [3.8, 4) is 0 Å². The summed E-state index contributed by atoms with van der Waals surface area (Å²) in [5.41, 5.74) is 0.388. The van der Waals surface area contributed by atoms with Gasteiger partial charge in [0.2, 0.25) is 0 Å². The van der Waals surface area contributed by atoms with Crippen molar-refractivity contribution in [1.29, 1.82) is 0 Å². The van der Waals surface area contributed by atoms with Crippen LogP contribution in [0.1, 0.15) is 39.7 Å². The van der Waals surface area contributed by atoms with Crippen LogP contribution in [-0.2, 0) is 5.60 Å². The molecule has 0 spiro atoms. The van der Waals surface area contributed by atoms with Crippen molar-refractivity contribution in [2.24, 2.45) is 5.92 Å². The van der Waals surface area contributed by atoms with Crippen LogP contribution in [0.25, 0.3) is 0 Å². The van der Waals surface area contributed by atoms with E-state index in [1.807, 2.05) is 30.3 Å². The molecule has 0 radical (unpaired) electrons. The van der Waals surface area contributed by atoms with Gasteiger partial charge < -0.3 is 5.11 Å². The number of piperidine rings is 1. The van der Waals surface area contributed by atoms with E-state index >= 15 is 0 Å². The maximum Gasteiger partial charge on any atom is 0.0948 e. The minimum Gasteiger partial charge on any atom is -0.385 e. The van der Waals surface area contributed by atoms with Crippen LogP contribution in [0.15, 0.2) is 30.3 Å². The monoisotopic (exact) mass is 247 g/mol. The molecule has 1 saturated heterocycles. The lowest BCUT2D eigenvalue weighted by molar-refractivity contribution is -0.0974. The maximum absolute atomic E-state index is 11.1. The zero-order chi connectivity index (χ0) is 13.3. The highest BCUT2D eigenvalue weighted by Gasteiger charge is 2.43. The first-order valence-corrected chi connectivity index (χ1v) is 6.99. The van der Waals surface area contributed by atoms with Gasteiger partial charge in [-0.05, 0) is 32.8 Å². The predicted octanol–water partition coefficient (Wildman–Crippen LogP) is 3.01. The molecule has 1 fully saturated rings. The highest BCUT2D eigenvalue weighted by molar-refractivity contribution is 5.24. The van der Waals surface area contributed by atoms with Gasteiger partial charge in [-0.25, -0.2) is 0 Å². The molecule has 1 aliphatic rings. The number of hydrogen-bond donors (Lipinski definition) is 1. The first-order valence-electron chi connectivity index (χ1n) is 6.99. The molecule has 0 aliphatic carbocycles. The Morgan fingerprint density at radius 3 is 2.39 bits per heavy atom. The second-order valence-electron chi connectivity index (χ2n) is 6.04. The summed E-state index contributed by atoms with van der Waals surface area (Å²) in [6.07, 6.45) is 0.816. The van der Waals surface area contributed by atoms with Gasteiger partial charge in [-0.15, -0.1) is 0 Å². The zero-order valence-electron chi connectivity index (χ0n) is 11.9. The number of benzene rings is 1. The average Bonchev–Trinajstić information content (AvgIpc) is 2.34. The van der Waals surface area contributed by atoms with Crippen LogP contribution in [0, 0.1) is 5.92 Å². The Hall–Kier alpha value is -0.860. The summed E-state index contributed by atoms with van der Waals surface area (Å²) in [4.78, 5) is 2.49. The van der Waals surface area contributed by atoms with Crippen molar-refractivity contribution in [3.63, 3.8) is 0 Å². The smallest absolute Gasteiger partial charge is 0.0948 e. The molecule has 0 amide bonds. The van der Waals surface area contributed by atoms with E-state index in [0.29, 0.717) is 12.1 Å². The minimum atomic E-state index is -0.675. The molecular weight excluding hydrogens is 222 g/mol. The third kappa shape index (κ3) is 2.32. The normalized spacial score (nSPS) is 33.9. The van der Waals surface area contributed by atoms with Crippen molar-refractivity contribution < 1.29 is 5.11 Å². The second-order valence-corrected chi connectivity index (χ2v) is 6.04. The molecule has 0 unspecified atom stereocenters. The van der Waals surface area contributed by atoms with Gasteiger partial charge >= 0.3 is 0 Å². The number of likely N-dealkylation sites (tertiary alicyclic amines) is 1. The van der Waals surface area contributed by atoms with Gasteiger partial charge in [0, 0.05) is 24.5 Å². The molecular formula is C16H25NO. The lowest BCUT2D eigenvalue weighted by Crippen LogP contribution is -2.55. The summed E-state index contributed by atoms with van der Waals surface area (Å²) in [5.74, 6) is 0.262. The van der Waals surface area contributed by atoms with Crippen LogP contribution in [0.2, 0.25) is 0 Å². The highest BCUT2D eigenvalue weighted by atomic mass is 16.3. The Balaban J connectivity index is 2.26. The fourth-order valence-electron chi connectivity index (χ4n) is 3.26. The first kappa shape index (κ1) is 13.6. The van der Waals surface area contributed by atoms with Gasteiger partial charge in [0.1, 0.15) is 0 Å². The van der Waals surface area contributed by atoms with Crippen molar-refractivity contribution in [1.82, 2.24) is 4.90 Å². The summed E-state index contributed by atoms with van der Waals surface area (Å²) in [6, 6.07) is 11.1. The van der Waals surface area contributed by atoms with Gasteiger partial charge in [-0.1, -0.05) is 37.3 Å². The molecule has 18 heavy (non-hydrogen) atoms. The lowest BCUT2D eigenvalue weighted by Gasteiger charge is -2.48. The fourth-order valence-corrected chi connectivity index (χ4v) is 3.26. The van der Waals surface area contributed by atoms with Crippen LogP contribution in [0.3, 0.4) is 0 Å². The molecule has 0 bridgehead atoms. The third-order valence-electron chi connectivity index (χ3n) is 4.41. The van der Waals surface area contributed by atoms with Crippen molar-refractivity contribution in [3.05, 3.63) is 35.9 Å². The van der Waals surface area contributed by atoms with Gasteiger partial charge in [0.25, 0.3) is 0 Å². The van der Waals surface area contributed by atoms with Crippen LogP contribution in [0.5, 0.6) is 0 Å². The Kier molecular flexibility index (Phi) is 3.79. The Morgan fingerprint density at radius 1 is 1.22 bits per heavy atom. The molecule has 1 heterocycles. The minimum absolute atomic E-state index is 0.262. The summed E-state index contributed by atoms with van der Waals surface area (Å²) in [5, 5.41) is 11.1. The Morgan fingerprint density at radius 2 is 1.83 bits per heavy atom. The van der Waals surface area contributed by atoms with Crippen LogP contribution < -0.4 is 0 Å². The van der Waals surface area contributed by atoms with Gasteiger partial charge in [0.15, 0.2) is 0 Å². The number of rotatable bonds is 2. The van der Waals surface area contributed by atoms with Crippen LogP contribution in [0.4, 0.5) is 0 Å². The van der Waals surface area contributed by atoms with E-state index in [4.69, 9.17) is 0 Å². The number of nitrogens with zero attached hydrogens (tertiary/aromatic N) is 1. The molecule has 2 rings (SSSR count). The third-order valence-corrected chi connectivity index (χ3v) is 4.41. The van der Waals surface area contributed by atoms with E-state index in [1.165, 1.54) is 0 Å². The van der Waals surface area contributed by atoms with E-state index in [0.717, 1.165) is 18.5 Å². The maximum atomic E-state index is 11.1. The molecule has 100 valence electrons. The van der Waals surface area contributed by atoms with Gasteiger partial charge in [-0.2, -0.15) is 0 Å². The van der Waals surface area contributed by atoms with Crippen LogP contribution >= 0.6 is 0 Å². The van der Waals surface area contributed by atoms with E-state index < -0.39 is 5.60 Å². The first-order chi connectivity index (χ1) is 8.45. The van der Waals surface area contributed by atoms with E-state index in [1.54, 1.807) is 0 Å². The predicted molar refractivity (Wildman–Crippen MR) is 75.4 cm³/mol. The topological polar surface area (TPSA) is 23.5 Å².